The van der Waals surface area contributed by atoms with E-state index in [4.69, 9.17) is 4.74 Å². The third-order valence-corrected chi connectivity index (χ3v) is 4.68. The Labute approximate surface area is 197 Å². The number of nitrogens with one attached hydrogen (secondary N) is 2. The van der Waals surface area contributed by atoms with E-state index in [1.165, 1.54) is 48.7 Å². The Morgan fingerprint density at radius 3 is 2.57 bits per heavy atom. The predicted molar refractivity (Wildman–Crippen MR) is 126 cm³/mol. The SMILES string of the molecule is N#Cc1c(-c2ccccc2)nc(NN=Cc2ccc(Oc3ccc(F)cc3)c([N+](=O)[O-])c2)[nH]c1=O. The summed E-state index contributed by atoms with van der Waals surface area (Å²) in [5, 5.41) is 24.8. The van der Waals surface area contributed by atoms with Crippen molar-refractivity contribution in [3.05, 3.63) is 110 Å². The molecular formula is C24H15FN6O4. The molecule has 172 valence electrons. The molecule has 1 aromatic heterocycles. The first-order chi connectivity index (χ1) is 16.9. The molecule has 0 aliphatic heterocycles. The molecular weight excluding hydrogens is 455 g/mol. The van der Waals surface area contributed by atoms with Crippen LogP contribution in [0.2, 0.25) is 0 Å². The number of anilines is 1. The molecule has 0 radical (unpaired) electrons. The molecule has 4 aromatic rings. The van der Waals surface area contributed by atoms with Crippen LogP contribution in [0.15, 0.2) is 82.7 Å². The van der Waals surface area contributed by atoms with Gasteiger partial charge < -0.3 is 4.74 Å². The van der Waals surface area contributed by atoms with E-state index in [0.717, 1.165) is 0 Å². The van der Waals surface area contributed by atoms with E-state index in [9.17, 15) is 24.6 Å². The molecule has 10 nitrogen and oxygen atoms in total. The van der Waals surface area contributed by atoms with Gasteiger partial charge in [-0.1, -0.05) is 30.3 Å². The number of hydrazone groups is 1. The number of rotatable bonds is 7. The van der Waals surface area contributed by atoms with Gasteiger partial charge in [0.25, 0.3) is 5.56 Å². The van der Waals surface area contributed by atoms with Crippen molar-refractivity contribution in [3.63, 3.8) is 0 Å². The number of hydrogen-bond donors (Lipinski definition) is 2. The fraction of sp³-hybridized carbons (Fsp3) is 0. The largest absolute Gasteiger partial charge is 0.450 e. The molecule has 0 spiro atoms. The topological polar surface area (TPSA) is 146 Å². The highest BCUT2D eigenvalue weighted by molar-refractivity contribution is 5.82. The van der Waals surface area contributed by atoms with Gasteiger partial charge in [-0.05, 0) is 36.4 Å². The molecule has 0 aliphatic carbocycles. The highest BCUT2D eigenvalue weighted by atomic mass is 19.1. The highest BCUT2D eigenvalue weighted by Crippen LogP contribution is 2.32. The van der Waals surface area contributed by atoms with Gasteiger partial charge in [0.05, 0.1) is 16.8 Å². The average Bonchev–Trinajstić information content (AvgIpc) is 2.86. The number of nitro benzene ring substituents is 1. The van der Waals surface area contributed by atoms with E-state index < -0.39 is 16.3 Å². The maximum atomic E-state index is 13.1. The van der Waals surface area contributed by atoms with Crippen molar-refractivity contribution in [3.8, 4) is 28.8 Å². The number of hydrogen-bond acceptors (Lipinski definition) is 8. The minimum atomic E-state index is -0.642. The molecule has 3 aromatic carbocycles. The number of benzene rings is 3. The van der Waals surface area contributed by atoms with Crippen molar-refractivity contribution < 1.29 is 14.1 Å². The van der Waals surface area contributed by atoms with Crippen LogP contribution in [0.1, 0.15) is 11.1 Å². The fourth-order valence-corrected chi connectivity index (χ4v) is 3.08. The summed E-state index contributed by atoms with van der Waals surface area (Å²) in [7, 11) is 0. The smallest absolute Gasteiger partial charge is 0.312 e. The van der Waals surface area contributed by atoms with Gasteiger partial charge >= 0.3 is 5.69 Å². The zero-order valence-electron chi connectivity index (χ0n) is 17.8. The normalized spacial score (nSPS) is 10.6. The van der Waals surface area contributed by atoms with Crippen LogP contribution in [0.3, 0.4) is 0 Å². The summed E-state index contributed by atoms with van der Waals surface area (Å²) in [5.74, 6) is -0.269. The molecule has 1 heterocycles. The fourth-order valence-electron chi connectivity index (χ4n) is 3.08. The van der Waals surface area contributed by atoms with Crippen LogP contribution in [0.25, 0.3) is 11.3 Å². The number of nitriles is 1. The van der Waals surface area contributed by atoms with Gasteiger partial charge in [0, 0.05) is 17.2 Å². The van der Waals surface area contributed by atoms with E-state index in [1.54, 1.807) is 30.3 Å². The van der Waals surface area contributed by atoms with Crippen LogP contribution in [0.4, 0.5) is 16.0 Å². The average molecular weight is 470 g/mol. The van der Waals surface area contributed by atoms with Crippen molar-refractivity contribution in [2.45, 2.75) is 0 Å². The zero-order chi connectivity index (χ0) is 24.8. The molecule has 0 saturated carbocycles. The van der Waals surface area contributed by atoms with Gasteiger partial charge in [-0.25, -0.2) is 14.8 Å². The molecule has 0 fully saturated rings. The Hall–Kier alpha value is -5.37. The van der Waals surface area contributed by atoms with Crippen LogP contribution in [-0.2, 0) is 0 Å². The number of ether oxygens (including phenoxy) is 1. The third-order valence-electron chi connectivity index (χ3n) is 4.68. The molecule has 0 aliphatic rings. The minimum Gasteiger partial charge on any atom is -0.450 e. The second-order valence-electron chi connectivity index (χ2n) is 7.03. The number of aromatic amines is 1. The maximum Gasteiger partial charge on any atom is 0.312 e. The molecule has 0 bridgehead atoms. The highest BCUT2D eigenvalue weighted by Gasteiger charge is 2.17. The first-order valence-electron chi connectivity index (χ1n) is 10.1. The summed E-state index contributed by atoms with van der Waals surface area (Å²) < 4.78 is 18.6. The van der Waals surface area contributed by atoms with E-state index in [0.29, 0.717) is 11.1 Å². The Morgan fingerprint density at radius 1 is 1.14 bits per heavy atom. The van der Waals surface area contributed by atoms with Crippen LogP contribution in [0.5, 0.6) is 11.5 Å². The molecule has 11 heteroatoms. The molecule has 0 unspecified atom stereocenters. The lowest BCUT2D eigenvalue weighted by molar-refractivity contribution is -0.385. The maximum absolute atomic E-state index is 13.1. The molecule has 0 atom stereocenters. The third kappa shape index (κ3) is 5.35. The molecule has 0 saturated heterocycles. The van der Waals surface area contributed by atoms with Gasteiger partial charge in [0.1, 0.15) is 23.2 Å². The number of H-pyrrole nitrogens is 1. The molecule has 4 rings (SSSR count). The van der Waals surface area contributed by atoms with E-state index >= 15 is 0 Å². The minimum absolute atomic E-state index is 0.0186. The Bertz CT molecular complexity index is 1510. The van der Waals surface area contributed by atoms with Crippen molar-refractivity contribution in [1.29, 1.82) is 5.26 Å². The Kier molecular flexibility index (Phi) is 6.55. The Morgan fingerprint density at radius 2 is 1.89 bits per heavy atom. The van der Waals surface area contributed by atoms with Crippen molar-refractivity contribution in [2.75, 3.05) is 5.43 Å². The van der Waals surface area contributed by atoms with Gasteiger partial charge in [0.2, 0.25) is 11.7 Å². The van der Waals surface area contributed by atoms with Crippen LogP contribution in [0, 0.1) is 27.3 Å². The predicted octanol–water partition coefficient (Wildman–Crippen LogP) is 4.59. The summed E-state index contributed by atoms with van der Waals surface area (Å²) in [6, 6.07) is 19.8. The first-order valence-corrected chi connectivity index (χ1v) is 10.1. The lowest BCUT2D eigenvalue weighted by Crippen LogP contribution is -2.16. The van der Waals surface area contributed by atoms with Gasteiger partial charge in [-0.15, -0.1) is 0 Å². The number of halogens is 1. The zero-order valence-corrected chi connectivity index (χ0v) is 17.8. The van der Waals surface area contributed by atoms with Crippen molar-refractivity contribution in [1.82, 2.24) is 9.97 Å². The summed E-state index contributed by atoms with van der Waals surface area (Å²) >= 11 is 0. The molecule has 0 amide bonds. The summed E-state index contributed by atoms with van der Waals surface area (Å²) in [6.45, 7) is 0. The van der Waals surface area contributed by atoms with Crippen LogP contribution in [-0.4, -0.2) is 21.1 Å². The lowest BCUT2D eigenvalue weighted by Gasteiger charge is -2.07. The summed E-state index contributed by atoms with van der Waals surface area (Å²) in [6.07, 6.45) is 1.29. The van der Waals surface area contributed by atoms with Gasteiger partial charge in [-0.2, -0.15) is 10.4 Å². The van der Waals surface area contributed by atoms with E-state index in [2.05, 4.69) is 20.5 Å². The second-order valence-corrected chi connectivity index (χ2v) is 7.03. The van der Waals surface area contributed by atoms with E-state index in [1.807, 2.05) is 6.07 Å². The second kappa shape index (κ2) is 10.1. The van der Waals surface area contributed by atoms with Gasteiger partial charge in [0.15, 0.2) is 0 Å². The summed E-state index contributed by atoms with van der Waals surface area (Å²) in [5.41, 5.74) is 2.58. The van der Waals surface area contributed by atoms with Crippen LogP contribution < -0.4 is 15.7 Å². The lowest BCUT2D eigenvalue weighted by atomic mass is 10.1. The molecule has 35 heavy (non-hydrogen) atoms. The van der Waals surface area contributed by atoms with Gasteiger partial charge in [-0.3, -0.25) is 19.9 Å². The van der Waals surface area contributed by atoms with Crippen molar-refractivity contribution in [2.24, 2.45) is 5.10 Å². The monoisotopic (exact) mass is 470 g/mol. The molecule has 2 N–H and O–H groups in total. The van der Waals surface area contributed by atoms with Crippen LogP contribution >= 0.6 is 0 Å². The number of aromatic nitrogens is 2. The van der Waals surface area contributed by atoms with Crippen molar-refractivity contribution >= 4 is 17.9 Å². The quantitative estimate of drug-likeness (QED) is 0.228. The summed E-state index contributed by atoms with van der Waals surface area (Å²) in [4.78, 5) is 29.9. The standard InChI is InChI=1S/C24H15FN6O4/c25-17-7-9-18(10-8-17)35-21-11-6-15(12-20(21)31(33)34)14-27-30-24-28-22(16-4-2-1-3-5-16)19(13-26)23(32)29-24/h1-12,14H,(H2,28,29,30,32). The van der Waals surface area contributed by atoms with E-state index in [-0.39, 0.29) is 34.4 Å². The number of nitrogens with zero attached hydrogens (tertiary/aromatic N) is 4. The Balaban J connectivity index is 1.56. The first kappa shape index (κ1) is 22.8. The number of nitro groups is 1.